The number of morpholine rings is 1. The molecule has 1 aliphatic rings. The van der Waals surface area contributed by atoms with E-state index in [0.29, 0.717) is 19.6 Å². The third kappa shape index (κ3) is 5.80. The van der Waals surface area contributed by atoms with Crippen LogP contribution in [0.5, 0.6) is 5.75 Å². The molecule has 1 amide bonds. The van der Waals surface area contributed by atoms with Gasteiger partial charge in [-0.05, 0) is 38.8 Å². The maximum Gasteiger partial charge on any atom is 0.220 e. The topological polar surface area (TPSA) is 50.8 Å². The number of nitrogens with one attached hydrogen (secondary N) is 1. The summed E-state index contributed by atoms with van der Waals surface area (Å²) in [4.78, 5) is 14.4. The lowest BCUT2D eigenvalue weighted by molar-refractivity contribution is -0.122. The number of amides is 1. The molecule has 24 heavy (non-hydrogen) atoms. The van der Waals surface area contributed by atoms with Crippen molar-refractivity contribution in [3.63, 3.8) is 0 Å². The summed E-state index contributed by atoms with van der Waals surface area (Å²) in [5, 5.41) is 3.05. The van der Waals surface area contributed by atoms with E-state index < -0.39 is 0 Å². The molecule has 1 aromatic rings. The van der Waals surface area contributed by atoms with E-state index in [4.69, 9.17) is 9.47 Å². The minimum absolute atomic E-state index is 0.0446. The smallest absolute Gasteiger partial charge is 0.220 e. The Morgan fingerprint density at radius 2 is 2.00 bits per heavy atom. The van der Waals surface area contributed by atoms with Gasteiger partial charge in [0.05, 0.1) is 19.8 Å². The van der Waals surface area contributed by atoms with Crippen LogP contribution in [0.3, 0.4) is 0 Å². The highest BCUT2D eigenvalue weighted by atomic mass is 16.5. The second kappa shape index (κ2) is 9.04. The van der Waals surface area contributed by atoms with Crippen molar-refractivity contribution in [3.8, 4) is 5.75 Å². The number of carbonyl (C=O) groups is 1. The highest BCUT2D eigenvalue weighted by Gasteiger charge is 2.28. The molecule has 1 N–H and O–H groups in total. The summed E-state index contributed by atoms with van der Waals surface area (Å²) in [6, 6.07) is 7.94. The normalized spacial score (nSPS) is 16.0. The summed E-state index contributed by atoms with van der Waals surface area (Å²) < 4.78 is 11.1. The molecule has 1 heterocycles. The fraction of sp³-hybridized carbons (Fsp3) is 0.632. The van der Waals surface area contributed by atoms with Crippen LogP contribution < -0.4 is 10.1 Å². The Kier molecular flexibility index (Phi) is 7.06. The number of para-hydroxylation sites is 1. The molecule has 134 valence electrons. The maximum atomic E-state index is 12.0. The van der Waals surface area contributed by atoms with Crippen LogP contribution >= 0.6 is 0 Å². The van der Waals surface area contributed by atoms with Crippen molar-refractivity contribution in [1.82, 2.24) is 10.2 Å². The second-order valence-corrected chi connectivity index (χ2v) is 6.91. The van der Waals surface area contributed by atoms with E-state index in [0.717, 1.165) is 44.0 Å². The molecule has 1 aliphatic heterocycles. The summed E-state index contributed by atoms with van der Waals surface area (Å²) >= 11 is 0. The zero-order valence-electron chi connectivity index (χ0n) is 15.1. The molecule has 2 rings (SSSR count). The number of rotatable bonds is 8. The monoisotopic (exact) mass is 334 g/mol. The molecule has 0 radical (unpaired) electrons. The van der Waals surface area contributed by atoms with Gasteiger partial charge in [-0.15, -0.1) is 0 Å². The van der Waals surface area contributed by atoms with Crippen molar-refractivity contribution in [2.24, 2.45) is 0 Å². The third-order valence-electron chi connectivity index (χ3n) is 4.48. The minimum atomic E-state index is -0.0446. The van der Waals surface area contributed by atoms with Crippen molar-refractivity contribution in [3.05, 3.63) is 29.8 Å². The molecule has 0 saturated carbocycles. The first kappa shape index (κ1) is 18.7. The van der Waals surface area contributed by atoms with E-state index in [1.807, 2.05) is 31.2 Å². The number of ether oxygens (including phenoxy) is 2. The van der Waals surface area contributed by atoms with E-state index in [2.05, 4.69) is 24.1 Å². The predicted molar refractivity (Wildman–Crippen MR) is 95.4 cm³/mol. The number of hydrogen-bond donors (Lipinski definition) is 1. The number of aryl methyl sites for hydroxylation is 1. The van der Waals surface area contributed by atoms with E-state index in [-0.39, 0.29) is 11.4 Å². The Morgan fingerprint density at radius 3 is 2.71 bits per heavy atom. The molecule has 0 bridgehead atoms. The Morgan fingerprint density at radius 1 is 1.29 bits per heavy atom. The van der Waals surface area contributed by atoms with Gasteiger partial charge in [0, 0.05) is 31.6 Å². The zero-order chi connectivity index (χ0) is 17.4. The van der Waals surface area contributed by atoms with Gasteiger partial charge in [0.25, 0.3) is 0 Å². The zero-order valence-corrected chi connectivity index (χ0v) is 15.1. The van der Waals surface area contributed by atoms with Crippen LogP contribution in [-0.4, -0.2) is 55.8 Å². The molecule has 1 fully saturated rings. The highest BCUT2D eigenvalue weighted by molar-refractivity contribution is 5.75. The highest BCUT2D eigenvalue weighted by Crippen LogP contribution is 2.17. The van der Waals surface area contributed by atoms with Crippen molar-refractivity contribution in [1.29, 1.82) is 0 Å². The first-order valence-corrected chi connectivity index (χ1v) is 8.77. The largest absolute Gasteiger partial charge is 0.493 e. The van der Waals surface area contributed by atoms with E-state index >= 15 is 0 Å². The molecule has 1 saturated heterocycles. The average molecular weight is 334 g/mol. The molecule has 5 nitrogen and oxygen atoms in total. The quantitative estimate of drug-likeness (QED) is 0.742. The first-order valence-electron chi connectivity index (χ1n) is 8.77. The minimum Gasteiger partial charge on any atom is -0.493 e. The molecular formula is C19H30N2O3. The van der Waals surface area contributed by atoms with Gasteiger partial charge in [0.1, 0.15) is 5.75 Å². The fourth-order valence-electron chi connectivity index (χ4n) is 2.82. The van der Waals surface area contributed by atoms with E-state index in [9.17, 15) is 4.79 Å². The van der Waals surface area contributed by atoms with Crippen LogP contribution in [0.1, 0.15) is 32.3 Å². The van der Waals surface area contributed by atoms with Gasteiger partial charge in [0.2, 0.25) is 5.91 Å². The molecule has 0 aliphatic carbocycles. The third-order valence-corrected chi connectivity index (χ3v) is 4.48. The second-order valence-electron chi connectivity index (χ2n) is 6.91. The van der Waals surface area contributed by atoms with E-state index in [1.165, 1.54) is 0 Å². The molecule has 0 atom stereocenters. The van der Waals surface area contributed by atoms with Gasteiger partial charge in [-0.25, -0.2) is 0 Å². The van der Waals surface area contributed by atoms with Crippen molar-refractivity contribution in [2.75, 3.05) is 39.5 Å². The Balaban J connectivity index is 1.63. The van der Waals surface area contributed by atoms with Gasteiger partial charge in [-0.1, -0.05) is 18.2 Å². The van der Waals surface area contributed by atoms with Crippen LogP contribution in [0.15, 0.2) is 24.3 Å². The van der Waals surface area contributed by atoms with Gasteiger partial charge >= 0.3 is 0 Å². The SMILES string of the molecule is Cc1ccccc1OCCCC(=O)NCC(C)(C)N1CCOCC1. The average Bonchev–Trinajstić information content (AvgIpc) is 2.59. The Bertz CT molecular complexity index is 525. The lowest BCUT2D eigenvalue weighted by Crippen LogP contribution is -2.55. The van der Waals surface area contributed by atoms with Crippen molar-refractivity contribution >= 4 is 5.91 Å². The van der Waals surface area contributed by atoms with Gasteiger partial charge in [-0.2, -0.15) is 0 Å². The van der Waals surface area contributed by atoms with E-state index in [1.54, 1.807) is 0 Å². The van der Waals surface area contributed by atoms with Crippen molar-refractivity contribution in [2.45, 2.75) is 39.2 Å². The summed E-state index contributed by atoms with van der Waals surface area (Å²) in [6.45, 7) is 11.0. The molecule has 0 aromatic heterocycles. The fourth-order valence-corrected chi connectivity index (χ4v) is 2.82. The number of benzene rings is 1. The lowest BCUT2D eigenvalue weighted by atomic mass is 10.0. The van der Waals surface area contributed by atoms with Crippen molar-refractivity contribution < 1.29 is 14.3 Å². The van der Waals surface area contributed by atoms with Gasteiger partial charge in [-0.3, -0.25) is 9.69 Å². The van der Waals surface area contributed by atoms with Crippen LogP contribution in [-0.2, 0) is 9.53 Å². The van der Waals surface area contributed by atoms with Crippen LogP contribution in [0, 0.1) is 6.92 Å². The summed E-state index contributed by atoms with van der Waals surface area (Å²) in [6.07, 6.45) is 1.21. The van der Waals surface area contributed by atoms with Gasteiger partial charge in [0.15, 0.2) is 0 Å². The number of nitrogens with zero attached hydrogens (tertiary/aromatic N) is 1. The maximum absolute atomic E-state index is 12.0. The molecule has 0 spiro atoms. The van der Waals surface area contributed by atoms with Crippen LogP contribution in [0.4, 0.5) is 0 Å². The Labute approximate surface area is 145 Å². The summed E-state index contributed by atoms with van der Waals surface area (Å²) in [5.74, 6) is 0.982. The Hall–Kier alpha value is -1.59. The standard InChI is InChI=1S/C19H30N2O3/c1-16-7-4-5-8-17(16)24-12-6-9-18(22)20-15-19(2,3)21-10-13-23-14-11-21/h4-5,7-8H,6,9-15H2,1-3H3,(H,20,22). The first-order chi connectivity index (χ1) is 11.5. The predicted octanol–water partition coefficient (Wildman–Crippen LogP) is 2.38. The molecule has 0 unspecified atom stereocenters. The van der Waals surface area contributed by atoms with Crippen LogP contribution in [0.25, 0.3) is 0 Å². The van der Waals surface area contributed by atoms with Gasteiger partial charge < -0.3 is 14.8 Å². The molecular weight excluding hydrogens is 304 g/mol. The van der Waals surface area contributed by atoms with Crippen LogP contribution in [0.2, 0.25) is 0 Å². The summed E-state index contributed by atoms with van der Waals surface area (Å²) in [7, 11) is 0. The number of carbonyl (C=O) groups excluding carboxylic acids is 1. The lowest BCUT2D eigenvalue weighted by Gasteiger charge is -2.40. The molecule has 1 aromatic carbocycles. The number of hydrogen-bond acceptors (Lipinski definition) is 4. The summed E-state index contributed by atoms with van der Waals surface area (Å²) in [5.41, 5.74) is 1.08. The molecule has 5 heteroatoms.